The molecule has 0 saturated heterocycles. The van der Waals surface area contributed by atoms with Crippen molar-refractivity contribution in [3.8, 4) is 0 Å². The van der Waals surface area contributed by atoms with Gasteiger partial charge in [-0.1, -0.05) is 22.6 Å². The highest BCUT2D eigenvalue weighted by Crippen LogP contribution is 2.36. The maximum atomic E-state index is 11.5. The largest absolute Gasteiger partial charge is 0.460 e. The standard InChI is InChI=1S/C10H17IO2/c1-10(2,3)13-9(12)8-4-7(5-8)6-11/h7-8H,4-6H2,1-3H3. The zero-order valence-electron chi connectivity index (χ0n) is 8.47. The van der Waals surface area contributed by atoms with Gasteiger partial charge in [0.05, 0.1) is 5.92 Å². The molecule has 0 aromatic carbocycles. The molecule has 0 aromatic heterocycles. The Morgan fingerprint density at radius 2 is 2.00 bits per heavy atom. The summed E-state index contributed by atoms with van der Waals surface area (Å²) in [5, 5.41) is 0. The lowest BCUT2D eigenvalue weighted by atomic mass is 9.76. The molecule has 1 aliphatic carbocycles. The van der Waals surface area contributed by atoms with Gasteiger partial charge < -0.3 is 4.74 Å². The van der Waals surface area contributed by atoms with Crippen molar-refractivity contribution in [3.05, 3.63) is 0 Å². The molecular formula is C10H17IO2. The van der Waals surface area contributed by atoms with E-state index in [2.05, 4.69) is 22.6 Å². The van der Waals surface area contributed by atoms with Crippen molar-refractivity contribution in [3.63, 3.8) is 0 Å². The molecule has 0 aliphatic heterocycles. The molecule has 1 rings (SSSR count). The molecule has 0 bridgehead atoms. The van der Waals surface area contributed by atoms with Crippen molar-refractivity contribution in [2.24, 2.45) is 11.8 Å². The summed E-state index contributed by atoms with van der Waals surface area (Å²) in [5.74, 6) is 0.922. The molecule has 0 radical (unpaired) electrons. The summed E-state index contributed by atoms with van der Waals surface area (Å²) in [6.07, 6.45) is 2.05. The van der Waals surface area contributed by atoms with E-state index in [1.165, 1.54) is 0 Å². The molecule has 0 unspecified atom stereocenters. The summed E-state index contributed by atoms with van der Waals surface area (Å²) >= 11 is 2.37. The Balaban J connectivity index is 2.27. The van der Waals surface area contributed by atoms with Crippen molar-refractivity contribution in [2.75, 3.05) is 4.43 Å². The quantitative estimate of drug-likeness (QED) is 0.445. The van der Waals surface area contributed by atoms with Crippen molar-refractivity contribution in [2.45, 2.75) is 39.2 Å². The minimum absolute atomic E-state index is 0.00593. The summed E-state index contributed by atoms with van der Waals surface area (Å²) in [5.41, 5.74) is -0.327. The monoisotopic (exact) mass is 296 g/mol. The molecular weight excluding hydrogens is 279 g/mol. The van der Waals surface area contributed by atoms with Crippen LogP contribution in [-0.2, 0) is 9.53 Å². The molecule has 0 atom stereocenters. The van der Waals surface area contributed by atoms with Crippen LogP contribution in [0, 0.1) is 11.8 Å². The number of esters is 1. The average molecular weight is 296 g/mol. The number of halogens is 1. The molecule has 3 heteroatoms. The number of hydrogen-bond acceptors (Lipinski definition) is 2. The van der Waals surface area contributed by atoms with E-state index in [9.17, 15) is 4.79 Å². The van der Waals surface area contributed by atoms with Gasteiger partial charge in [-0.2, -0.15) is 0 Å². The van der Waals surface area contributed by atoms with Gasteiger partial charge in [-0.3, -0.25) is 4.79 Å². The lowest BCUT2D eigenvalue weighted by Crippen LogP contribution is -2.36. The van der Waals surface area contributed by atoms with Crippen LogP contribution in [0.3, 0.4) is 0 Å². The number of hydrogen-bond donors (Lipinski definition) is 0. The van der Waals surface area contributed by atoms with Crippen molar-refractivity contribution in [1.29, 1.82) is 0 Å². The summed E-state index contributed by atoms with van der Waals surface area (Å²) in [4.78, 5) is 11.5. The third-order valence-corrected chi connectivity index (χ3v) is 3.44. The number of carbonyl (C=O) groups excluding carboxylic acids is 1. The van der Waals surface area contributed by atoms with Gasteiger partial charge in [-0.25, -0.2) is 0 Å². The highest BCUT2D eigenvalue weighted by molar-refractivity contribution is 14.1. The molecule has 13 heavy (non-hydrogen) atoms. The molecule has 0 spiro atoms. The van der Waals surface area contributed by atoms with Crippen molar-refractivity contribution >= 4 is 28.6 Å². The fraction of sp³-hybridized carbons (Fsp3) is 0.900. The van der Waals surface area contributed by atoms with Crippen molar-refractivity contribution < 1.29 is 9.53 Å². The molecule has 76 valence electrons. The third-order valence-electron chi connectivity index (χ3n) is 2.19. The molecule has 1 aliphatic rings. The minimum Gasteiger partial charge on any atom is -0.460 e. The molecule has 0 amide bonds. The van der Waals surface area contributed by atoms with E-state index in [4.69, 9.17) is 4.74 Å². The van der Waals surface area contributed by atoms with Crippen molar-refractivity contribution in [1.82, 2.24) is 0 Å². The highest BCUT2D eigenvalue weighted by atomic mass is 127. The van der Waals surface area contributed by atoms with E-state index in [1.54, 1.807) is 0 Å². The van der Waals surface area contributed by atoms with Crippen LogP contribution in [0.15, 0.2) is 0 Å². The van der Waals surface area contributed by atoms with E-state index in [0.717, 1.165) is 23.2 Å². The average Bonchev–Trinajstić information content (AvgIpc) is 1.79. The van der Waals surface area contributed by atoms with Gasteiger partial charge in [0.25, 0.3) is 0 Å². The predicted molar refractivity (Wildman–Crippen MR) is 60.9 cm³/mol. The number of alkyl halides is 1. The van der Waals surface area contributed by atoms with Gasteiger partial charge in [-0.05, 0) is 39.5 Å². The van der Waals surface area contributed by atoms with Crippen LogP contribution in [0.2, 0.25) is 0 Å². The molecule has 1 saturated carbocycles. The Labute approximate surface area is 93.6 Å². The van der Waals surface area contributed by atoms with Crippen LogP contribution in [-0.4, -0.2) is 16.0 Å². The second-order valence-electron chi connectivity index (χ2n) is 4.72. The van der Waals surface area contributed by atoms with E-state index in [0.29, 0.717) is 0 Å². The Hall–Kier alpha value is 0.200. The second kappa shape index (κ2) is 4.15. The summed E-state index contributed by atoms with van der Waals surface area (Å²) in [7, 11) is 0. The number of rotatable bonds is 2. The number of ether oxygens (including phenoxy) is 1. The Morgan fingerprint density at radius 3 is 2.38 bits per heavy atom. The zero-order chi connectivity index (χ0) is 10.1. The van der Waals surface area contributed by atoms with Gasteiger partial charge in [0.2, 0.25) is 0 Å². The summed E-state index contributed by atoms with van der Waals surface area (Å²) in [6, 6.07) is 0. The smallest absolute Gasteiger partial charge is 0.309 e. The van der Waals surface area contributed by atoms with Crippen LogP contribution in [0.5, 0.6) is 0 Å². The van der Waals surface area contributed by atoms with E-state index >= 15 is 0 Å². The first kappa shape index (κ1) is 11.3. The first-order chi connectivity index (χ1) is 5.92. The van der Waals surface area contributed by atoms with E-state index < -0.39 is 0 Å². The fourth-order valence-electron chi connectivity index (χ4n) is 1.44. The van der Waals surface area contributed by atoms with Gasteiger partial charge in [0.15, 0.2) is 0 Å². The lowest BCUT2D eigenvalue weighted by Gasteiger charge is -2.34. The molecule has 2 nitrogen and oxygen atoms in total. The van der Waals surface area contributed by atoms with Crippen LogP contribution in [0.1, 0.15) is 33.6 Å². The topological polar surface area (TPSA) is 26.3 Å². The normalized spacial score (nSPS) is 28.0. The Bertz CT molecular complexity index is 190. The zero-order valence-corrected chi connectivity index (χ0v) is 10.6. The van der Waals surface area contributed by atoms with E-state index in [1.807, 2.05) is 20.8 Å². The summed E-state index contributed by atoms with van der Waals surface area (Å²) < 4.78 is 6.46. The first-order valence-electron chi connectivity index (χ1n) is 4.71. The van der Waals surface area contributed by atoms with Crippen LogP contribution in [0.25, 0.3) is 0 Å². The maximum Gasteiger partial charge on any atom is 0.309 e. The van der Waals surface area contributed by atoms with Gasteiger partial charge >= 0.3 is 5.97 Å². The molecule has 1 fully saturated rings. The van der Waals surface area contributed by atoms with Crippen LogP contribution in [0.4, 0.5) is 0 Å². The van der Waals surface area contributed by atoms with Gasteiger partial charge in [-0.15, -0.1) is 0 Å². The predicted octanol–water partition coefficient (Wildman–Crippen LogP) is 2.79. The first-order valence-corrected chi connectivity index (χ1v) is 6.24. The molecule has 0 N–H and O–H groups in total. The molecule has 0 heterocycles. The SMILES string of the molecule is CC(C)(C)OC(=O)C1CC(CI)C1. The summed E-state index contributed by atoms with van der Waals surface area (Å²) in [6.45, 7) is 5.75. The van der Waals surface area contributed by atoms with E-state index in [-0.39, 0.29) is 17.5 Å². The molecule has 0 aromatic rings. The third kappa shape index (κ3) is 3.44. The van der Waals surface area contributed by atoms with Crippen LogP contribution >= 0.6 is 22.6 Å². The fourth-order valence-corrected chi connectivity index (χ4v) is 2.16. The maximum absolute atomic E-state index is 11.5. The minimum atomic E-state index is -0.327. The van der Waals surface area contributed by atoms with Gasteiger partial charge in [0.1, 0.15) is 5.60 Å². The Kier molecular flexibility index (Phi) is 3.60. The highest BCUT2D eigenvalue weighted by Gasteiger charge is 2.36. The number of carbonyl (C=O) groups is 1. The van der Waals surface area contributed by atoms with Gasteiger partial charge in [0, 0.05) is 4.43 Å². The second-order valence-corrected chi connectivity index (χ2v) is 5.60. The Morgan fingerprint density at radius 1 is 1.46 bits per heavy atom. The van der Waals surface area contributed by atoms with Crippen LogP contribution < -0.4 is 0 Å². The lowest BCUT2D eigenvalue weighted by molar-refractivity contribution is -0.164.